The summed E-state index contributed by atoms with van der Waals surface area (Å²) >= 11 is 0. The van der Waals surface area contributed by atoms with Gasteiger partial charge in [-0.25, -0.2) is 13.2 Å². The van der Waals surface area contributed by atoms with Gasteiger partial charge in [-0.1, -0.05) is 19.9 Å². The molecule has 0 aromatic heterocycles. The molecule has 0 spiro atoms. The third kappa shape index (κ3) is 4.59. The molecular weight excluding hydrogens is 333 g/mol. The second-order valence-electron chi connectivity index (χ2n) is 5.79. The molecule has 0 heterocycles. The third-order valence-electron chi connectivity index (χ3n) is 3.54. The molecule has 2 aromatic carbocycles. The van der Waals surface area contributed by atoms with Crippen molar-refractivity contribution >= 4 is 17.5 Å². The molecule has 0 saturated carbocycles. The summed E-state index contributed by atoms with van der Waals surface area (Å²) in [7, 11) is 0. The van der Waals surface area contributed by atoms with Crippen LogP contribution in [0.5, 0.6) is 0 Å². The molecule has 0 saturated heterocycles. The van der Waals surface area contributed by atoms with Crippen molar-refractivity contribution in [1.29, 1.82) is 0 Å². The molecule has 4 nitrogen and oxygen atoms in total. The average molecular weight is 350 g/mol. The molecule has 2 N–H and O–H groups in total. The Morgan fingerprint density at radius 2 is 1.48 bits per heavy atom. The van der Waals surface area contributed by atoms with Crippen LogP contribution in [-0.4, -0.2) is 17.9 Å². The number of rotatable bonds is 5. The van der Waals surface area contributed by atoms with Crippen molar-refractivity contribution in [3.8, 4) is 0 Å². The van der Waals surface area contributed by atoms with Gasteiger partial charge >= 0.3 is 0 Å². The highest BCUT2D eigenvalue weighted by Crippen LogP contribution is 2.15. The minimum absolute atomic E-state index is 0.336. The van der Waals surface area contributed by atoms with Crippen LogP contribution in [-0.2, 0) is 4.79 Å². The van der Waals surface area contributed by atoms with E-state index in [1.54, 1.807) is 13.8 Å². The molecular formula is C18H17F3N2O2. The smallest absolute Gasteiger partial charge is 0.257 e. The minimum Gasteiger partial charge on any atom is -0.340 e. The maximum atomic E-state index is 13.7. The highest BCUT2D eigenvalue weighted by molar-refractivity contribution is 6.01. The van der Waals surface area contributed by atoms with Crippen molar-refractivity contribution in [2.24, 2.45) is 5.92 Å². The summed E-state index contributed by atoms with van der Waals surface area (Å²) in [6.07, 6.45) is 0. The van der Waals surface area contributed by atoms with Gasteiger partial charge in [0.15, 0.2) is 0 Å². The molecule has 2 rings (SSSR count). The van der Waals surface area contributed by atoms with E-state index in [4.69, 9.17) is 0 Å². The standard InChI is InChI=1S/C18H17F3N2O2/c1-10(2)16(18(25)22-12-8-6-11(19)7-9-12)23-17(24)15-13(20)4-3-5-14(15)21/h3-10,16H,1-2H3,(H,22,25)(H,23,24). The molecule has 7 heteroatoms. The van der Waals surface area contributed by atoms with E-state index in [1.165, 1.54) is 24.3 Å². The van der Waals surface area contributed by atoms with Gasteiger partial charge in [0.1, 0.15) is 29.1 Å². The second kappa shape index (κ2) is 7.83. The van der Waals surface area contributed by atoms with Gasteiger partial charge in [-0.15, -0.1) is 0 Å². The normalized spacial score (nSPS) is 11.9. The summed E-state index contributed by atoms with van der Waals surface area (Å²) in [5.74, 6) is -4.44. The van der Waals surface area contributed by atoms with Crippen LogP contribution in [0.4, 0.5) is 18.9 Å². The van der Waals surface area contributed by atoms with Crippen LogP contribution >= 0.6 is 0 Å². The summed E-state index contributed by atoms with van der Waals surface area (Å²) in [6.45, 7) is 3.35. The fourth-order valence-electron chi connectivity index (χ4n) is 2.22. The molecule has 1 atom stereocenters. The lowest BCUT2D eigenvalue weighted by Gasteiger charge is -2.22. The number of carbonyl (C=O) groups is 2. The SMILES string of the molecule is CC(C)C(NC(=O)c1c(F)cccc1F)C(=O)Nc1ccc(F)cc1. The Labute approximate surface area is 143 Å². The van der Waals surface area contributed by atoms with Crippen LogP contribution in [0.2, 0.25) is 0 Å². The van der Waals surface area contributed by atoms with Crippen LogP contribution < -0.4 is 10.6 Å². The van der Waals surface area contributed by atoms with Crippen molar-refractivity contribution < 1.29 is 22.8 Å². The summed E-state index contributed by atoms with van der Waals surface area (Å²) in [5.41, 5.74) is -0.411. The number of benzene rings is 2. The fourth-order valence-corrected chi connectivity index (χ4v) is 2.22. The average Bonchev–Trinajstić information content (AvgIpc) is 2.54. The first-order chi connectivity index (χ1) is 11.8. The Hall–Kier alpha value is -2.83. The topological polar surface area (TPSA) is 58.2 Å². The van der Waals surface area contributed by atoms with E-state index in [1.807, 2.05) is 0 Å². The molecule has 0 bridgehead atoms. The second-order valence-corrected chi connectivity index (χ2v) is 5.79. The quantitative estimate of drug-likeness (QED) is 0.867. The first-order valence-electron chi connectivity index (χ1n) is 7.61. The number of halogens is 3. The van der Waals surface area contributed by atoms with E-state index in [9.17, 15) is 22.8 Å². The molecule has 0 aliphatic heterocycles. The van der Waals surface area contributed by atoms with E-state index < -0.39 is 40.9 Å². The van der Waals surface area contributed by atoms with E-state index in [0.29, 0.717) is 5.69 Å². The predicted octanol–water partition coefficient (Wildman–Crippen LogP) is 3.50. The first kappa shape index (κ1) is 18.5. The van der Waals surface area contributed by atoms with Crippen molar-refractivity contribution in [1.82, 2.24) is 5.32 Å². The highest BCUT2D eigenvalue weighted by Gasteiger charge is 2.27. The zero-order valence-electron chi connectivity index (χ0n) is 13.6. The lowest BCUT2D eigenvalue weighted by atomic mass is 10.0. The molecule has 2 amide bonds. The Bertz CT molecular complexity index is 756. The number of anilines is 1. The van der Waals surface area contributed by atoms with E-state index >= 15 is 0 Å². The Kier molecular flexibility index (Phi) is 5.80. The molecule has 25 heavy (non-hydrogen) atoms. The fraction of sp³-hybridized carbons (Fsp3) is 0.222. The molecule has 0 aliphatic carbocycles. The van der Waals surface area contributed by atoms with Gasteiger partial charge in [0.25, 0.3) is 5.91 Å². The zero-order valence-corrected chi connectivity index (χ0v) is 13.6. The number of hydrogen-bond acceptors (Lipinski definition) is 2. The van der Waals surface area contributed by atoms with Crippen molar-refractivity contribution in [2.45, 2.75) is 19.9 Å². The van der Waals surface area contributed by atoms with Crippen LogP contribution in [0, 0.1) is 23.4 Å². The summed E-state index contributed by atoms with van der Waals surface area (Å²) in [6, 6.07) is 7.11. The van der Waals surface area contributed by atoms with Crippen LogP contribution in [0.3, 0.4) is 0 Å². The Balaban J connectivity index is 2.16. The monoisotopic (exact) mass is 350 g/mol. The summed E-state index contributed by atoms with van der Waals surface area (Å²) < 4.78 is 40.3. The van der Waals surface area contributed by atoms with Crippen molar-refractivity contribution in [2.75, 3.05) is 5.32 Å². The van der Waals surface area contributed by atoms with Gasteiger partial charge in [0.05, 0.1) is 0 Å². The number of amides is 2. The first-order valence-corrected chi connectivity index (χ1v) is 7.61. The third-order valence-corrected chi connectivity index (χ3v) is 3.54. The molecule has 132 valence electrons. The van der Waals surface area contributed by atoms with Gasteiger partial charge in [-0.05, 0) is 42.3 Å². The molecule has 0 aliphatic rings. The van der Waals surface area contributed by atoms with Crippen LogP contribution in [0.25, 0.3) is 0 Å². The molecule has 1 unspecified atom stereocenters. The van der Waals surface area contributed by atoms with Crippen molar-refractivity contribution in [3.05, 3.63) is 65.5 Å². The lowest BCUT2D eigenvalue weighted by Crippen LogP contribution is -2.47. The van der Waals surface area contributed by atoms with Crippen LogP contribution in [0.1, 0.15) is 24.2 Å². The van der Waals surface area contributed by atoms with Gasteiger partial charge in [0.2, 0.25) is 5.91 Å². The predicted molar refractivity (Wildman–Crippen MR) is 87.5 cm³/mol. The maximum absolute atomic E-state index is 13.7. The number of carbonyl (C=O) groups excluding carboxylic acids is 2. The van der Waals surface area contributed by atoms with Gasteiger partial charge in [0, 0.05) is 5.69 Å². The van der Waals surface area contributed by atoms with Gasteiger partial charge in [-0.2, -0.15) is 0 Å². The highest BCUT2D eigenvalue weighted by atomic mass is 19.1. The minimum atomic E-state index is -1.03. The van der Waals surface area contributed by atoms with Crippen molar-refractivity contribution in [3.63, 3.8) is 0 Å². The molecule has 2 aromatic rings. The van der Waals surface area contributed by atoms with E-state index in [0.717, 1.165) is 18.2 Å². The molecule has 0 radical (unpaired) electrons. The number of nitrogens with one attached hydrogen (secondary N) is 2. The maximum Gasteiger partial charge on any atom is 0.257 e. The van der Waals surface area contributed by atoms with Crippen LogP contribution in [0.15, 0.2) is 42.5 Å². The van der Waals surface area contributed by atoms with E-state index in [2.05, 4.69) is 10.6 Å². The lowest BCUT2D eigenvalue weighted by molar-refractivity contribution is -0.118. The van der Waals surface area contributed by atoms with Gasteiger partial charge < -0.3 is 10.6 Å². The number of hydrogen-bond donors (Lipinski definition) is 2. The summed E-state index contributed by atoms with van der Waals surface area (Å²) in [4.78, 5) is 24.6. The Morgan fingerprint density at radius 1 is 0.920 bits per heavy atom. The van der Waals surface area contributed by atoms with E-state index in [-0.39, 0.29) is 5.92 Å². The largest absolute Gasteiger partial charge is 0.340 e. The molecule has 0 fully saturated rings. The van der Waals surface area contributed by atoms with Gasteiger partial charge in [-0.3, -0.25) is 9.59 Å². The Morgan fingerprint density at radius 3 is 2.00 bits per heavy atom. The zero-order chi connectivity index (χ0) is 18.6. The summed E-state index contributed by atoms with van der Waals surface area (Å²) in [5, 5.41) is 4.87.